The average Bonchev–Trinajstić information content (AvgIpc) is 2.91. The van der Waals surface area contributed by atoms with Gasteiger partial charge in [0, 0.05) is 23.5 Å². The number of benzene rings is 1. The SMILES string of the molecule is OCCNc1cccc(-c2cc3c(Cl)ncnc3[nH]2)c1. The number of H-pyrrole nitrogens is 1. The highest BCUT2D eigenvalue weighted by atomic mass is 35.5. The number of aliphatic hydroxyl groups excluding tert-OH is 1. The molecule has 0 unspecified atom stereocenters. The predicted octanol–water partition coefficient (Wildman–Crippen LogP) is 2.68. The maximum absolute atomic E-state index is 8.84. The molecule has 0 aliphatic rings. The number of nitrogens with zero attached hydrogens (tertiary/aromatic N) is 2. The van der Waals surface area contributed by atoms with Crippen molar-refractivity contribution < 1.29 is 5.11 Å². The van der Waals surface area contributed by atoms with E-state index in [4.69, 9.17) is 16.7 Å². The third-order valence-electron chi connectivity index (χ3n) is 2.99. The maximum atomic E-state index is 8.84. The molecule has 0 aliphatic heterocycles. The fourth-order valence-corrected chi connectivity index (χ4v) is 2.25. The van der Waals surface area contributed by atoms with Crippen molar-refractivity contribution in [3.63, 3.8) is 0 Å². The zero-order valence-corrected chi connectivity index (χ0v) is 11.4. The number of halogens is 1. The Labute approximate surface area is 120 Å². The van der Waals surface area contributed by atoms with E-state index in [2.05, 4.69) is 20.3 Å². The van der Waals surface area contributed by atoms with Crippen LogP contribution in [0.5, 0.6) is 0 Å². The highest BCUT2D eigenvalue weighted by Crippen LogP contribution is 2.27. The Morgan fingerprint density at radius 1 is 1.25 bits per heavy atom. The van der Waals surface area contributed by atoms with E-state index >= 15 is 0 Å². The van der Waals surface area contributed by atoms with E-state index in [-0.39, 0.29) is 6.61 Å². The van der Waals surface area contributed by atoms with Gasteiger partial charge in [-0.15, -0.1) is 0 Å². The van der Waals surface area contributed by atoms with Gasteiger partial charge in [-0.1, -0.05) is 23.7 Å². The minimum Gasteiger partial charge on any atom is -0.395 e. The third-order valence-corrected chi connectivity index (χ3v) is 3.29. The van der Waals surface area contributed by atoms with E-state index < -0.39 is 0 Å². The van der Waals surface area contributed by atoms with Gasteiger partial charge in [0.2, 0.25) is 0 Å². The van der Waals surface area contributed by atoms with Gasteiger partial charge in [-0.2, -0.15) is 0 Å². The molecule has 2 aromatic heterocycles. The van der Waals surface area contributed by atoms with Crippen LogP contribution >= 0.6 is 11.6 Å². The molecule has 6 heteroatoms. The van der Waals surface area contributed by atoms with Crippen molar-refractivity contribution in [2.24, 2.45) is 0 Å². The first-order valence-corrected chi connectivity index (χ1v) is 6.60. The number of aromatic amines is 1. The minimum atomic E-state index is 0.0990. The molecule has 0 atom stereocenters. The summed E-state index contributed by atoms with van der Waals surface area (Å²) < 4.78 is 0. The van der Waals surface area contributed by atoms with E-state index in [0.29, 0.717) is 17.3 Å². The van der Waals surface area contributed by atoms with Crippen molar-refractivity contribution in [1.29, 1.82) is 0 Å². The summed E-state index contributed by atoms with van der Waals surface area (Å²) in [5, 5.41) is 13.2. The number of fused-ring (bicyclic) bond motifs is 1. The van der Waals surface area contributed by atoms with E-state index in [1.807, 2.05) is 30.3 Å². The molecule has 0 radical (unpaired) electrons. The van der Waals surface area contributed by atoms with Crippen molar-refractivity contribution in [3.05, 3.63) is 41.8 Å². The van der Waals surface area contributed by atoms with E-state index in [1.54, 1.807) is 0 Å². The third kappa shape index (κ3) is 2.45. The Morgan fingerprint density at radius 2 is 2.15 bits per heavy atom. The van der Waals surface area contributed by atoms with Crippen LogP contribution in [-0.4, -0.2) is 33.2 Å². The summed E-state index contributed by atoms with van der Waals surface area (Å²) in [7, 11) is 0. The molecule has 3 N–H and O–H groups in total. The molecule has 2 heterocycles. The van der Waals surface area contributed by atoms with Gasteiger partial charge in [0.15, 0.2) is 0 Å². The summed E-state index contributed by atoms with van der Waals surface area (Å²) in [6.45, 7) is 0.620. The standard InChI is InChI=1S/C14H13ClN4O/c15-13-11-7-12(19-14(11)18-8-17-13)9-2-1-3-10(6-9)16-4-5-20/h1-3,6-8,16,20H,4-5H2,(H,17,18,19). The number of hydrogen-bond donors (Lipinski definition) is 3. The van der Waals surface area contributed by atoms with Crippen LogP contribution in [0.25, 0.3) is 22.3 Å². The number of anilines is 1. The van der Waals surface area contributed by atoms with Gasteiger partial charge in [-0.25, -0.2) is 9.97 Å². The molecule has 0 amide bonds. The quantitative estimate of drug-likeness (QED) is 0.645. The van der Waals surface area contributed by atoms with E-state index in [0.717, 1.165) is 22.3 Å². The number of rotatable bonds is 4. The van der Waals surface area contributed by atoms with Gasteiger partial charge in [-0.05, 0) is 18.2 Å². The second-order valence-electron chi connectivity index (χ2n) is 4.34. The summed E-state index contributed by atoms with van der Waals surface area (Å²) in [4.78, 5) is 11.4. The molecule has 0 spiro atoms. The molecule has 102 valence electrons. The number of aromatic nitrogens is 3. The fraction of sp³-hybridized carbons (Fsp3) is 0.143. The predicted molar refractivity (Wildman–Crippen MR) is 79.9 cm³/mol. The molecular weight excluding hydrogens is 276 g/mol. The lowest BCUT2D eigenvalue weighted by Crippen LogP contribution is -2.05. The van der Waals surface area contributed by atoms with Crippen LogP contribution < -0.4 is 5.32 Å². The Hall–Kier alpha value is -2.11. The summed E-state index contributed by atoms with van der Waals surface area (Å²) in [5.74, 6) is 0. The lowest BCUT2D eigenvalue weighted by atomic mass is 10.1. The van der Waals surface area contributed by atoms with Crippen molar-refractivity contribution in [2.45, 2.75) is 0 Å². The van der Waals surface area contributed by atoms with Crippen LogP contribution in [0, 0.1) is 0 Å². The molecule has 20 heavy (non-hydrogen) atoms. The van der Waals surface area contributed by atoms with Gasteiger partial charge in [0.1, 0.15) is 17.1 Å². The molecule has 0 saturated carbocycles. The molecule has 0 bridgehead atoms. The molecular formula is C14H13ClN4O. The fourth-order valence-electron chi connectivity index (χ4n) is 2.06. The lowest BCUT2D eigenvalue weighted by Gasteiger charge is -2.05. The van der Waals surface area contributed by atoms with Crippen LogP contribution in [0.2, 0.25) is 5.15 Å². The van der Waals surface area contributed by atoms with Crippen LogP contribution in [0.4, 0.5) is 5.69 Å². The van der Waals surface area contributed by atoms with Gasteiger partial charge in [0.05, 0.1) is 12.0 Å². The van der Waals surface area contributed by atoms with Crippen molar-refractivity contribution in [1.82, 2.24) is 15.0 Å². The lowest BCUT2D eigenvalue weighted by molar-refractivity contribution is 0.311. The highest BCUT2D eigenvalue weighted by molar-refractivity contribution is 6.34. The van der Waals surface area contributed by atoms with Crippen LogP contribution in [-0.2, 0) is 0 Å². The number of hydrogen-bond acceptors (Lipinski definition) is 4. The first-order chi connectivity index (χ1) is 9.78. The van der Waals surface area contributed by atoms with Crippen LogP contribution in [0.3, 0.4) is 0 Å². The molecule has 0 aliphatic carbocycles. The second-order valence-corrected chi connectivity index (χ2v) is 4.70. The number of aliphatic hydroxyl groups is 1. The van der Waals surface area contributed by atoms with Gasteiger partial charge in [-0.3, -0.25) is 0 Å². The summed E-state index contributed by atoms with van der Waals surface area (Å²) in [6.07, 6.45) is 1.43. The minimum absolute atomic E-state index is 0.0990. The maximum Gasteiger partial charge on any atom is 0.142 e. The molecule has 5 nitrogen and oxygen atoms in total. The van der Waals surface area contributed by atoms with Gasteiger partial charge in [0.25, 0.3) is 0 Å². The normalized spacial score (nSPS) is 10.9. The van der Waals surface area contributed by atoms with Crippen molar-refractivity contribution >= 4 is 28.3 Å². The first kappa shape index (κ1) is 12.9. The van der Waals surface area contributed by atoms with Crippen LogP contribution in [0.1, 0.15) is 0 Å². The van der Waals surface area contributed by atoms with E-state index in [9.17, 15) is 0 Å². The smallest absolute Gasteiger partial charge is 0.142 e. The Bertz CT molecular complexity index is 741. The largest absolute Gasteiger partial charge is 0.395 e. The molecule has 1 aromatic carbocycles. The Balaban J connectivity index is 2.00. The summed E-state index contributed by atoms with van der Waals surface area (Å²) >= 11 is 6.05. The van der Waals surface area contributed by atoms with E-state index in [1.165, 1.54) is 6.33 Å². The van der Waals surface area contributed by atoms with Crippen LogP contribution in [0.15, 0.2) is 36.7 Å². The Kier molecular flexibility index (Phi) is 3.54. The topological polar surface area (TPSA) is 73.8 Å². The average molecular weight is 289 g/mol. The van der Waals surface area contributed by atoms with Crippen molar-refractivity contribution in [3.8, 4) is 11.3 Å². The van der Waals surface area contributed by atoms with Gasteiger partial charge >= 0.3 is 0 Å². The highest BCUT2D eigenvalue weighted by Gasteiger charge is 2.08. The molecule has 0 saturated heterocycles. The zero-order valence-electron chi connectivity index (χ0n) is 10.6. The zero-order chi connectivity index (χ0) is 13.9. The number of nitrogens with one attached hydrogen (secondary N) is 2. The Morgan fingerprint density at radius 3 is 2.95 bits per heavy atom. The van der Waals surface area contributed by atoms with Gasteiger partial charge < -0.3 is 15.4 Å². The monoisotopic (exact) mass is 288 g/mol. The molecule has 3 rings (SSSR count). The summed E-state index contributed by atoms with van der Waals surface area (Å²) in [6, 6.07) is 9.84. The molecule has 3 aromatic rings. The summed E-state index contributed by atoms with van der Waals surface area (Å²) in [5.41, 5.74) is 3.61. The molecule has 0 fully saturated rings. The second kappa shape index (κ2) is 5.48. The first-order valence-electron chi connectivity index (χ1n) is 6.22. The van der Waals surface area contributed by atoms with Crippen molar-refractivity contribution in [2.75, 3.05) is 18.5 Å².